The normalized spacial score (nSPS) is 19.7. The third-order valence-electron chi connectivity index (χ3n) is 3.35. The molecule has 1 heterocycles. The molecule has 2 N–H and O–H groups in total. The summed E-state index contributed by atoms with van der Waals surface area (Å²) in [4.78, 5) is 26.7. The minimum absolute atomic E-state index is 0.0665. The Kier molecular flexibility index (Phi) is 6.26. The first-order chi connectivity index (χ1) is 10.4. The molecular weight excluding hydrogens is 315 g/mol. The molecule has 0 aliphatic carbocycles. The summed E-state index contributed by atoms with van der Waals surface area (Å²) in [7, 11) is 0. The molecule has 1 aliphatic heterocycles. The van der Waals surface area contributed by atoms with Crippen LogP contribution in [0.3, 0.4) is 0 Å². The lowest BCUT2D eigenvalue weighted by atomic mass is 10.1. The molecule has 1 rings (SSSR count). The standard InChI is InChI=1S/C14H24F3N3O3/c1-13(2,3)23-12(22)19-6-7-20(10(8-18)9-19)11(21)4-5-14(15,16)17/h10H,4-9,18H2,1-3H3. The van der Waals surface area contributed by atoms with E-state index in [1.54, 1.807) is 20.8 Å². The molecule has 0 saturated carbocycles. The third kappa shape index (κ3) is 6.64. The number of nitrogens with zero attached hydrogens (tertiary/aromatic N) is 2. The van der Waals surface area contributed by atoms with Crippen LogP contribution in [0.1, 0.15) is 33.6 Å². The Bertz CT molecular complexity index is 435. The van der Waals surface area contributed by atoms with Gasteiger partial charge in [-0.3, -0.25) is 4.79 Å². The minimum Gasteiger partial charge on any atom is -0.444 e. The number of carbonyl (C=O) groups is 2. The zero-order valence-electron chi connectivity index (χ0n) is 13.7. The van der Waals surface area contributed by atoms with Crippen LogP contribution in [0.5, 0.6) is 0 Å². The molecule has 1 aliphatic rings. The Morgan fingerprint density at radius 2 is 1.83 bits per heavy atom. The molecule has 0 aromatic heterocycles. The highest BCUT2D eigenvalue weighted by Crippen LogP contribution is 2.23. The second kappa shape index (κ2) is 7.37. The number of rotatable bonds is 3. The lowest BCUT2D eigenvalue weighted by molar-refractivity contribution is -0.151. The number of carbonyl (C=O) groups excluding carboxylic acids is 2. The van der Waals surface area contributed by atoms with Crippen molar-refractivity contribution in [2.45, 2.75) is 51.4 Å². The van der Waals surface area contributed by atoms with Crippen LogP contribution < -0.4 is 5.73 Å². The van der Waals surface area contributed by atoms with Crippen molar-refractivity contribution in [3.05, 3.63) is 0 Å². The highest BCUT2D eigenvalue weighted by Gasteiger charge is 2.35. The molecule has 23 heavy (non-hydrogen) atoms. The first-order valence-electron chi connectivity index (χ1n) is 7.47. The van der Waals surface area contributed by atoms with Crippen LogP contribution in [-0.4, -0.2) is 65.8 Å². The van der Waals surface area contributed by atoms with E-state index in [0.29, 0.717) is 0 Å². The maximum absolute atomic E-state index is 12.2. The van der Waals surface area contributed by atoms with Crippen LogP contribution in [0.15, 0.2) is 0 Å². The van der Waals surface area contributed by atoms with Gasteiger partial charge in [-0.25, -0.2) is 4.79 Å². The fraction of sp³-hybridized carbons (Fsp3) is 0.857. The maximum Gasteiger partial charge on any atom is 0.410 e. The molecule has 0 spiro atoms. The van der Waals surface area contributed by atoms with Crippen LogP contribution in [0, 0.1) is 0 Å². The second-order valence-corrected chi connectivity index (χ2v) is 6.52. The van der Waals surface area contributed by atoms with Gasteiger partial charge in [0.05, 0.1) is 12.5 Å². The number of halogens is 3. The summed E-state index contributed by atoms with van der Waals surface area (Å²) in [6.07, 6.45) is -6.65. The smallest absolute Gasteiger partial charge is 0.410 e. The van der Waals surface area contributed by atoms with Gasteiger partial charge in [-0.15, -0.1) is 0 Å². The van der Waals surface area contributed by atoms with Crippen molar-refractivity contribution in [3.63, 3.8) is 0 Å². The summed E-state index contributed by atoms with van der Waals surface area (Å²) in [6, 6.07) is -0.503. The quantitative estimate of drug-likeness (QED) is 0.850. The van der Waals surface area contributed by atoms with Crippen LogP contribution in [-0.2, 0) is 9.53 Å². The first kappa shape index (κ1) is 19.5. The zero-order valence-corrected chi connectivity index (χ0v) is 13.7. The van der Waals surface area contributed by atoms with Gasteiger partial charge in [0.15, 0.2) is 0 Å². The second-order valence-electron chi connectivity index (χ2n) is 6.52. The van der Waals surface area contributed by atoms with Gasteiger partial charge in [0.2, 0.25) is 5.91 Å². The number of hydrogen-bond acceptors (Lipinski definition) is 4. The average molecular weight is 339 g/mol. The molecule has 2 amide bonds. The fourth-order valence-corrected chi connectivity index (χ4v) is 2.27. The monoisotopic (exact) mass is 339 g/mol. The van der Waals surface area contributed by atoms with E-state index in [1.165, 1.54) is 9.80 Å². The molecule has 1 saturated heterocycles. The molecule has 0 aromatic carbocycles. The Morgan fingerprint density at radius 3 is 2.30 bits per heavy atom. The highest BCUT2D eigenvalue weighted by atomic mass is 19.4. The number of nitrogens with two attached hydrogens (primary N) is 1. The summed E-state index contributed by atoms with van der Waals surface area (Å²) >= 11 is 0. The van der Waals surface area contributed by atoms with E-state index in [4.69, 9.17) is 10.5 Å². The number of piperazine rings is 1. The Hall–Kier alpha value is -1.51. The maximum atomic E-state index is 12.2. The van der Waals surface area contributed by atoms with E-state index in [0.717, 1.165) is 0 Å². The van der Waals surface area contributed by atoms with Gasteiger partial charge < -0.3 is 20.3 Å². The van der Waals surface area contributed by atoms with Crippen molar-refractivity contribution in [2.24, 2.45) is 5.73 Å². The van der Waals surface area contributed by atoms with Crippen LogP contribution in [0.25, 0.3) is 0 Å². The van der Waals surface area contributed by atoms with E-state index in [-0.39, 0.29) is 26.2 Å². The summed E-state index contributed by atoms with van der Waals surface area (Å²) < 4.78 is 41.9. The van der Waals surface area contributed by atoms with Gasteiger partial charge >= 0.3 is 12.3 Å². The number of amides is 2. The molecule has 0 radical (unpaired) electrons. The minimum atomic E-state index is -4.37. The van der Waals surface area contributed by atoms with Crippen molar-refractivity contribution in [2.75, 3.05) is 26.2 Å². The van der Waals surface area contributed by atoms with Gasteiger partial charge in [0, 0.05) is 32.6 Å². The Morgan fingerprint density at radius 1 is 1.22 bits per heavy atom. The van der Waals surface area contributed by atoms with Crippen molar-refractivity contribution in [3.8, 4) is 0 Å². The van der Waals surface area contributed by atoms with Crippen molar-refractivity contribution < 1.29 is 27.5 Å². The molecule has 9 heteroatoms. The van der Waals surface area contributed by atoms with E-state index < -0.39 is 42.7 Å². The summed E-state index contributed by atoms with van der Waals surface area (Å²) in [5.74, 6) is -0.596. The highest BCUT2D eigenvalue weighted by molar-refractivity contribution is 5.77. The molecular formula is C14H24F3N3O3. The van der Waals surface area contributed by atoms with Gasteiger partial charge in [-0.1, -0.05) is 0 Å². The first-order valence-corrected chi connectivity index (χ1v) is 7.47. The van der Waals surface area contributed by atoms with Crippen LogP contribution in [0.4, 0.5) is 18.0 Å². The number of alkyl halides is 3. The molecule has 1 atom stereocenters. The fourth-order valence-electron chi connectivity index (χ4n) is 2.27. The average Bonchev–Trinajstić information content (AvgIpc) is 2.41. The van der Waals surface area contributed by atoms with Crippen LogP contribution >= 0.6 is 0 Å². The van der Waals surface area contributed by atoms with Crippen LogP contribution in [0.2, 0.25) is 0 Å². The predicted molar refractivity (Wildman–Crippen MR) is 77.7 cm³/mol. The molecule has 134 valence electrons. The largest absolute Gasteiger partial charge is 0.444 e. The van der Waals surface area contributed by atoms with E-state index >= 15 is 0 Å². The molecule has 1 unspecified atom stereocenters. The molecule has 0 aromatic rings. The number of hydrogen-bond donors (Lipinski definition) is 1. The Balaban J connectivity index is 2.62. The van der Waals surface area contributed by atoms with Gasteiger partial charge in [0.25, 0.3) is 0 Å². The lowest BCUT2D eigenvalue weighted by Crippen LogP contribution is -2.59. The van der Waals surface area contributed by atoms with E-state index in [9.17, 15) is 22.8 Å². The molecule has 6 nitrogen and oxygen atoms in total. The topological polar surface area (TPSA) is 75.9 Å². The van der Waals surface area contributed by atoms with Gasteiger partial charge in [-0.05, 0) is 20.8 Å². The SMILES string of the molecule is CC(C)(C)OC(=O)N1CCN(C(=O)CCC(F)(F)F)C(CN)C1. The van der Waals surface area contributed by atoms with E-state index in [1.807, 2.05) is 0 Å². The summed E-state index contributed by atoms with van der Waals surface area (Å²) in [5, 5.41) is 0. The summed E-state index contributed by atoms with van der Waals surface area (Å²) in [6.45, 7) is 5.80. The lowest BCUT2D eigenvalue weighted by Gasteiger charge is -2.41. The Labute approximate surface area is 133 Å². The van der Waals surface area contributed by atoms with Gasteiger partial charge in [0.1, 0.15) is 5.60 Å². The summed E-state index contributed by atoms with van der Waals surface area (Å²) in [5.41, 5.74) is 4.96. The third-order valence-corrected chi connectivity index (χ3v) is 3.35. The zero-order chi connectivity index (χ0) is 17.8. The number of ether oxygens (including phenoxy) is 1. The molecule has 0 bridgehead atoms. The predicted octanol–water partition coefficient (Wildman–Crippen LogP) is 1.74. The van der Waals surface area contributed by atoms with Crippen molar-refractivity contribution in [1.29, 1.82) is 0 Å². The van der Waals surface area contributed by atoms with Crippen molar-refractivity contribution >= 4 is 12.0 Å². The molecule has 1 fully saturated rings. The van der Waals surface area contributed by atoms with Crippen molar-refractivity contribution in [1.82, 2.24) is 9.80 Å². The van der Waals surface area contributed by atoms with E-state index in [2.05, 4.69) is 0 Å². The van der Waals surface area contributed by atoms with Gasteiger partial charge in [-0.2, -0.15) is 13.2 Å².